The van der Waals surface area contributed by atoms with Crippen LogP contribution in [0, 0.1) is 29.1 Å². The first-order valence-electron chi connectivity index (χ1n) is 10.9. The van der Waals surface area contributed by atoms with Gasteiger partial charge in [-0.05, 0) is 88.0 Å². The summed E-state index contributed by atoms with van der Waals surface area (Å²) in [6, 6.07) is 0. The van der Waals surface area contributed by atoms with E-state index in [4.69, 9.17) is 4.74 Å². The smallest absolute Gasteiger partial charge is 0.0969 e. The van der Waals surface area contributed by atoms with Gasteiger partial charge in [-0.25, -0.2) is 0 Å². The van der Waals surface area contributed by atoms with Crippen molar-refractivity contribution in [2.45, 2.75) is 84.7 Å². The third-order valence-corrected chi connectivity index (χ3v) is 8.20. The summed E-state index contributed by atoms with van der Waals surface area (Å²) in [5, 5.41) is 10.4. The molecule has 0 bridgehead atoms. The Morgan fingerprint density at radius 3 is 2.48 bits per heavy atom. The number of hydrogen-bond donors (Lipinski definition) is 1. The second-order valence-corrected chi connectivity index (χ2v) is 8.96. The second kappa shape index (κ2) is 6.76. The third-order valence-electron chi connectivity index (χ3n) is 8.20. The number of aliphatic hydroxyl groups excluding tert-OH is 1. The van der Waals surface area contributed by atoms with Gasteiger partial charge in [0, 0.05) is 11.8 Å². The van der Waals surface area contributed by atoms with E-state index in [2.05, 4.69) is 26.8 Å². The molecular formula is C23H36O2. The number of aliphatic hydroxyl groups is 1. The van der Waals surface area contributed by atoms with E-state index >= 15 is 0 Å². The standard InChI is InChI=1S/C23H36O2/c1-4-23(5-2)14-16(25-6-3)13-15-7-8-18-17-11-12-21(24)19(17)9-10-20(18)22(15)23/h14,17-21,24H,4-13H2,1-3H3/t17-,18-,19-,20-,21-/m0/s1. The highest BCUT2D eigenvalue weighted by Gasteiger charge is 2.51. The van der Waals surface area contributed by atoms with E-state index in [9.17, 15) is 5.11 Å². The molecule has 25 heavy (non-hydrogen) atoms. The molecule has 0 saturated heterocycles. The van der Waals surface area contributed by atoms with Gasteiger partial charge >= 0.3 is 0 Å². The predicted molar refractivity (Wildman–Crippen MR) is 102 cm³/mol. The van der Waals surface area contributed by atoms with Crippen LogP contribution in [-0.2, 0) is 4.74 Å². The molecule has 0 unspecified atom stereocenters. The summed E-state index contributed by atoms with van der Waals surface area (Å²) in [5.41, 5.74) is 3.76. The van der Waals surface area contributed by atoms with Crippen LogP contribution in [-0.4, -0.2) is 17.8 Å². The van der Waals surface area contributed by atoms with Crippen molar-refractivity contribution in [3.63, 3.8) is 0 Å². The Bertz CT molecular complexity index is 569. The summed E-state index contributed by atoms with van der Waals surface area (Å²) in [6.07, 6.45) is 13.4. The molecule has 4 rings (SSSR count). The molecule has 1 N–H and O–H groups in total. The third kappa shape index (κ3) is 2.71. The minimum Gasteiger partial charge on any atom is -0.498 e. The average Bonchev–Trinajstić information content (AvgIpc) is 3.02. The first-order valence-corrected chi connectivity index (χ1v) is 10.9. The highest BCUT2D eigenvalue weighted by atomic mass is 16.5. The molecular weight excluding hydrogens is 308 g/mol. The van der Waals surface area contributed by atoms with Crippen LogP contribution in [0.5, 0.6) is 0 Å². The maximum Gasteiger partial charge on any atom is 0.0969 e. The fourth-order valence-corrected chi connectivity index (χ4v) is 7.08. The van der Waals surface area contributed by atoms with Gasteiger partial charge in [-0.3, -0.25) is 0 Å². The van der Waals surface area contributed by atoms with E-state index in [0.717, 1.165) is 37.2 Å². The number of hydrogen-bond acceptors (Lipinski definition) is 2. The SMILES string of the molecule is CCOC1=CC(CC)(CC)C2=C(CC[C@H]3[C@@H]4CC[C@H](O)[C@H]4CC[C@H]23)C1. The molecule has 0 aliphatic heterocycles. The summed E-state index contributed by atoms with van der Waals surface area (Å²) in [7, 11) is 0. The number of rotatable bonds is 4. The van der Waals surface area contributed by atoms with Crippen LogP contribution < -0.4 is 0 Å². The number of allylic oxidation sites excluding steroid dienone is 3. The van der Waals surface area contributed by atoms with Gasteiger partial charge in [-0.2, -0.15) is 0 Å². The molecule has 2 nitrogen and oxygen atoms in total. The van der Waals surface area contributed by atoms with Crippen molar-refractivity contribution in [3.05, 3.63) is 23.0 Å². The average molecular weight is 345 g/mol. The fourth-order valence-electron chi connectivity index (χ4n) is 7.08. The Balaban J connectivity index is 1.69. The van der Waals surface area contributed by atoms with Crippen molar-refractivity contribution in [1.29, 1.82) is 0 Å². The molecule has 0 aromatic heterocycles. The lowest BCUT2D eigenvalue weighted by Gasteiger charge is -2.52. The van der Waals surface area contributed by atoms with Gasteiger partial charge in [-0.15, -0.1) is 0 Å². The Kier molecular flexibility index (Phi) is 4.77. The first-order chi connectivity index (χ1) is 12.1. The van der Waals surface area contributed by atoms with Crippen LogP contribution in [0.25, 0.3) is 0 Å². The van der Waals surface area contributed by atoms with Gasteiger partial charge in [0.05, 0.1) is 18.5 Å². The Hall–Kier alpha value is -0.760. The number of fused-ring (bicyclic) bond motifs is 4. The molecule has 0 spiro atoms. The van der Waals surface area contributed by atoms with E-state index in [1.54, 1.807) is 5.57 Å². The lowest BCUT2D eigenvalue weighted by atomic mass is 9.53. The van der Waals surface area contributed by atoms with Crippen molar-refractivity contribution >= 4 is 0 Å². The normalized spacial score (nSPS) is 39.4. The second-order valence-electron chi connectivity index (χ2n) is 8.96. The van der Waals surface area contributed by atoms with Gasteiger partial charge in [0.1, 0.15) is 0 Å². The van der Waals surface area contributed by atoms with Gasteiger partial charge in [0.2, 0.25) is 0 Å². The molecule has 140 valence electrons. The summed E-state index contributed by atoms with van der Waals surface area (Å²) >= 11 is 0. The topological polar surface area (TPSA) is 29.5 Å². The van der Waals surface area contributed by atoms with Crippen molar-refractivity contribution < 1.29 is 9.84 Å². The molecule has 0 heterocycles. The first kappa shape index (κ1) is 17.6. The zero-order chi connectivity index (χ0) is 17.6. The van der Waals surface area contributed by atoms with Crippen LogP contribution in [0.1, 0.15) is 78.6 Å². The Morgan fingerprint density at radius 2 is 1.76 bits per heavy atom. The molecule has 0 aromatic rings. The molecule has 0 aromatic carbocycles. The monoisotopic (exact) mass is 344 g/mol. The molecule has 2 saturated carbocycles. The van der Waals surface area contributed by atoms with Crippen molar-refractivity contribution in [2.24, 2.45) is 29.1 Å². The highest BCUT2D eigenvalue weighted by molar-refractivity contribution is 5.39. The quantitative estimate of drug-likeness (QED) is 0.671. The fraction of sp³-hybridized carbons (Fsp3) is 0.826. The maximum atomic E-state index is 10.4. The molecule has 5 atom stereocenters. The predicted octanol–water partition coefficient (Wildman–Crippen LogP) is 5.62. The summed E-state index contributed by atoms with van der Waals surface area (Å²) in [5.74, 6) is 4.21. The van der Waals surface area contributed by atoms with Gasteiger partial charge in [-0.1, -0.05) is 25.0 Å². The van der Waals surface area contributed by atoms with Crippen LogP contribution in [0.2, 0.25) is 0 Å². The summed E-state index contributed by atoms with van der Waals surface area (Å²) < 4.78 is 6.00. The Morgan fingerprint density at radius 1 is 1.00 bits per heavy atom. The molecule has 0 radical (unpaired) electrons. The zero-order valence-corrected chi connectivity index (χ0v) is 16.4. The molecule has 0 amide bonds. The van der Waals surface area contributed by atoms with Gasteiger partial charge < -0.3 is 9.84 Å². The summed E-state index contributed by atoms with van der Waals surface area (Å²) in [6.45, 7) is 7.63. The largest absolute Gasteiger partial charge is 0.498 e. The van der Waals surface area contributed by atoms with Crippen molar-refractivity contribution in [2.75, 3.05) is 6.61 Å². The van der Waals surface area contributed by atoms with Crippen molar-refractivity contribution in [1.82, 2.24) is 0 Å². The summed E-state index contributed by atoms with van der Waals surface area (Å²) in [4.78, 5) is 0. The minimum atomic E-state index is -0.0146. The zero-order valence-electron chi connectivity index (χ0n) is 16.4. The van der Waals surface area contributed by atoms with E-state index in [0.29, 0.717) is 5.92 Å². The van der Waals surface area contributed by atoms with Crippen LogP contribution in [0.15, 0.2) is 23.0 Å². The molecule has 2 fully saturated rings. The van der Waals surface area contributed by atoms with Crippen LogP contribution in [0.3, 0.4) is 0 Å². The van der Waals surface area contributed by atoms with Crippen LogP contribution >= 0.6 is 0 Å². The Labute approximate surface area is 153 Å². The highest BCUT2D eigenvalue weighted by Crippen LogP contribution is 2.60. The molecule has 4 aliphatic rings. The van der Waals surface area contributed by atoms with E-state index in [1.165, 1.54) is 50.7 Å². The number of ether oxygens (including phenoxy) is 1. The molecule has 2 heteroatoms. The van der Waals surface area contributed by atoms with Crippen LogP contribution in [0.4, 0.5) is 0 Å². The lowest BCUT2D eigenvalue weighted by Crippen LogP contribution is -2.42. The van der Waals surface area contributed by atoms with E-state index in [1.807, 2.05) is 5.57 Å². The molecule has 4 aliphatic carbocycles. The van der Waals surface area contributed by atoms with Gasteiger partial charge in [0.25, 0.3) is 0 Å². The van der Waals surface area contributed by atoms with E-state index in [-0.39, 0.29) is 11.5 Å². The maximum absolute atomic E-state index is 10.4. The van der Waals surface area contributed by atoms with Gasteiger partial charge in [0.15, 0.2) is 0 Å². The van der Waals surface area contributed by atoms with Crippen molar-refractivity contribution in [3.8, 4) is 0 Å². The minimum absolute atomic E-state index is 0.0146. The lowest BCUT2D eigenvalue weighted by molar-refractivity contribution is 0.0386. The van der Waals surface area contributed by atoms with E-state index < -0.39 is 0 Å².